The molecule has 0 aliphatic rings. The van der Waals surface area contributed by atoms with E-state index < -0.39 is 18.5 Å². The number of carbonyl (C=O) groups is 2. The summed E-state index contributed by atoms with van der Waals surface area (Å²) in [6.45, 7) is -0.455. The van der Waals surface area contributed by atoms with E-state index in [2.05, 4.69) is 5.32 Å². The lowest BCUT2D eigenvalue weighted by Crippen LogP contribution is -2.20. The minimum absolute atomic E-state index is 0.455. The molecule has 0 fully saturated rings. The summed E-state index contributed by atoms with van der Waals surface area (Å²) in [5.41, 5.74) is 3.76. The van der Waals surface area contributed by atoms with Crippen molar-refractivity contribution in [2.24, 2.45) is 0 Å². The Morgan fingerprint density at radius 3 is 2.54 bits per heavy atom. The highest BCUT2D eigenvalue weighted by atomic mass is 16.5. The summed E-state index contributed by atoms with van der Waals surface area (Å²) in [6.07, 6.45) is 4.61. The number of hydrogen-bond donors (Lipinski definition) is 1. The maximum Gasteiger partial charge on any atom is 0.331 e. The molecule has 37 heavy (non-hydrogen) atoms. The first kappa shape index (κ1) is 23.3. The quantitative estimate of drug-likeness (QED) is 0.244. The number of ether oxygens (including phenoxy) is 1. The molecule has 2 aromatic heterocycles. The van der Waals surface area contributed by atoms with E-state index in [0.717, 1.165) is 16.7 Å². The second-order valence-electron chi connectivity index (χ2n) is 8.04. The molecule has 8 nitrogen and oxygen atoms in total. The van der Waals surface area contributed by atoms with Crippen LogP contribution in [-0.4, -0.2) is 28.3 Å². The van der Waals surface area contributed by atoms with Crippen molar-refractivity contribution in [3.05, 3.63) is 108 Å². The summed E-state index contributed by atoms with van der Waals surface area (Å²) in [6, 6.07) is 27.5. The normalized spacial score (nSPS) is 10.9. The van der Waals surface area contributed by atoms with E-state index >= 15 is 0 Å². The number of anilines is 1. The summed E-state index contributed by atoms with van der Waals surface area (Å²) >= 11 is 0. The lowest BCUT2D eigenvalue weighted by atomic mass is 10.2. The molecule has 0 spiro atoms. The molecule has 1 amide bonds. The van der Waals surface area contributed by atoms with Crippen LogP contribution in [0, 0.1) is 11.3 Å². The van der Waals surface area contributed by atoms with Crippen LogP contribution in [0.1, 0.15) is 11.1 Å². The van der Waals surface area contributed by atoms with E-state index in [9.17, 15) is 9.59 Å². The Morgan fingerprint density at radius 1 is 1.03 bits per heavy atom. The molecule has 180 valence electrons. The van der Waals surface area contributed by atoms with Gasteiger partial charge < -0.3 is 14.5 Å². The van der Waals surface area contributed by atoms with Crippen LogP contribution in [-0.2, 0) is 14.3 Å². The van der Waals surface area contributed by atoms with Gasteiger partial charge in [-0.15, -0.1) is 0 Å². The molecule has 0 saturated heterocycles. The third-order valence-corrected chi connectivity index (χ3v) is 5.46. The van der Waals surface area contributed by atoms with Crippen LogP contribution in [0.2, 0.25) is 0 Å². The molecule has 0 unspecified atom stereocenters. The van der Waals surface area contributed by atoms with Crippen LogP contribution in [0.25, 0.3) is 34.2 Å². The number of nitriles is 1. The molecule has 0 radical (unpaired) electrons. The zero-order chi connectivity index (χ0) is 25.6. The molecule has 2 heterocycles. The number of furan rings is 1. The number of fused-ring (bicyclic) bond motifs is 1. The monoisotopic (exact) mass is 488 g/mol. The first-order valence-corrected chi connectivity index (χ1v) is 11.4. The zero-order valence-corrected chi connectivity index (χ0v) is 19.5. The second kappa shape index (κ2) is 10.5. The van der Waals surface area contributed by atoms with Gasteiger partial charge in [-0.3, -0.25) is 4.79 Å². The van der Waals surface area contributed by atoms with E-state index in [4.69, 9.17) is 19.5 Å². The molecule has 0 atom stereocenters. The van der Waals surface area contributed by atoms with E-state index in [1.165, 1.54) is 6.08 Å². The number of aromatic nitrogens is 2. The van der Waals surface area contributed by atoms with Gasteiger partial charge in [0.25, 0.3) is 5.91 Å². The van der Waals surface area contributed by atoms with Crippen molar-refractivity contribution < 1.29 is 18.7 Å². The van der Waals surface area contributed by atoms with Gasteiger partial charge in [-0.2, -0.15) is 10.4 Å². The Kier molecular flexibility index (Phi) is 6.59. The predicted octanol–water partition coefficient (Wildman–Crippen LogP) is 5.35. The van der Waals surface area contributed by atoms with E-state index in [1.807, 2.05) is 66.7 Å². The van der Waals surface area contributed by atoms with Crippen LogP contribution in [0.4, 0.5) is 5.69 Å². The van der Waals surface area contributed by atoms with E-state index in [-0.39, 0.29) is 0 Å². The SMILES string of the molecule is N#Cc1ccc(NC(=O)COC(=O)/C=C/c2cn(-c3ccccc3)nc2-c2cc3ccccc3o2)cc1. The van der Waals surface area contributed by atoms with Gasteiger partial charge in [0.05, 0.1) is 17.3 Å². The molecule has 5 rings (SSSR count). The average Bonchev–Trinajstić information content (AvgIpc) is 3.56. The third-order valence-electron chi connectivity index (χ3n) is 5.46. The number of nitrogens with one attached hydrogen (secondary N) is 1. The number of rotatable bonds is 7. The fourth-order valence-electron chi connectivity index (χ4n) is 3.68. The smallest absolute Gasteiger partial charge is 0.331 e. The Hall–Kier alpha value is -5.42. The van der Waals surface area contributed by atoms with Crippen molar-refractivity contribution in [1.29, 1.82) is 5.26 Å². The van der Waals surface area contributed by atoms with Gasteiger partial charge in [0.1, 0.15) is 11.3 Å². The maximum atomic E-state index is 12.3. The predicted molar refractivity (Wildman–Crippen MR) is 139 cm³/mol. The standard InChI is InChI=1S/C29H20N4O4/c30-17-20-10-13-23(14-11-20)31-27(34)19-36-28(35)15-12-22-18-33(24-7-2-1-3-8-24)32-29(22)26-16-21-6-4-5-9-25(21)37-26/h1-16,18H,19H2,(H,31,34)/b15-12+. The molecule has 5 aromatic rings. The Labute approximate surface area is 212 Å². The van der Waals surface area contributed by atoms with E-state index in [0.29, 0.717) is 28.3 Å². The van der Waals surface area contributed by atoms with Crippen LogP contribution in [0.3, 0.4) is 0 Å². The minimum Gasteiger partial charge on any atom is -0.454 e. The maximum absolute atomic E-state index is 12.3. The number of esters is 1. The first-order valence-electron chi connectivity index (χ1n) is 11.4. The zero-order valence-electron chi connectivity index (χ0n) is 19.5. The van der Waals surface area contributed by atoms with Gasteiger partial charge in [0, 0.05) is 28.9 Å². The Bertz CT molecular complexity index is 1610. The van der Waals surface area contributed by atoms with E-state index in [1.54, 1.807) is 41.2 Å². The molecule has 0 aliphatic heterocycles. The largest absolute Gasteiger partial charge is 0.454 e. The minimum atomic E-state index is -0.682. The van der Waals surface area contributed by atoms with Crippen molar-refractivity contribution >= 4 is 34.6 Å². The molecular formula is C29H20N4O4. The van der Waals surface area contributed by atoms with Gasteiger partial charge in [-0.25, -0.2) is 9.48 Å². The van der Waals surface area contributed by atoms with Gasteiger partial charge in [-0.05, 0) is 54.6 Å². The highest BCUT2D eigenvalue weighted by Crippen LogP contribution is 2.30. The van der Waals surface area contributed by atoms with Crippen molar-refractivity contribution in [1.82, 2.24) is 9.78 Å². The Balaban J connectivity index is 1.31. The fourth-order valence-corrected chi connectivity index (χ4v) is 3.68. The highest BCUT2D eigenvalue weighted by Gasteiger charge is 2.15. The van der Waals surface area contributed by atoms with Crippen molar-refractivity contribution in [3.63, 3.8) is 0 Å². The fraction of sp³-hybridized carbons (Fsp3) is 0.0345. The summed E-state index contributed by atoms with van der Waals surface area (Å²) in [5.74, 6) is -0.616. The number of carbonyl (C=O) groups excluding carboxylic acids is 2. The summed E-state index contributed by atoms with van der Waals surface area (Å²) in [4.78, 5) is 24.5. The van der Waals surface area contributed by atoms with Crippen molar-refractivity contribution in [2.75, 3.05) is 11.9 Å². The van der Waals surface area contributed by atoms with Crippen LogP contribution >= 0.6 is 0 Å². The average molecular weight is 489 g/mol. The Morgan fingerprint density at radius 2 is 1.78 bits per heavy atom. The van der Waals surface area contributed by atoms with Crippen molar-refractivity contribution in [2.45, 2.75) is 0 Å². The third kappa shape index (κ3) is 5.47. The number of benzene rings is 3. The first-order chi connectivity index (χ1) is 18.1. The van der Waals surface area contributed by atoms with Crippen molar-refractivity contribution in [3.8, 4) is 23.2 Å². The van der Waals surface area contributed by atoms with Crippen LogP contribution in [0.15, 0.2) is 102 Å². The lowest BCUT2D eigenvalue weighted by Gasteiger charge is -2.05. The summed E-state index contributed by atoms with van der Waals surface area (Å²) < 4.78 is 12.8. The summed E-state index contributed by atoms with van der Waals surface area (Å²) in [5, 5.41) is 17.1. The molecule has 3 aromatic carbocycles. The van der Waals surface area contributed by atoms with Gasteiger partial charge in [0.15, 0.2) is 12.4 Å². The topological polar surface area (TPSA) is 110 Å². The van der Waals surface area contributed by atoms with Gasteiger partial charge in [0.2, 0.25) is 0 Å². The molecule has 1 N–H and O–H groups in total. The molecule has 8 heteroatoms. The van der Waals surface area contributed by atoms with Crippen LogP contribution < -0.4 is 5.32 Å². The molecular weight excluding hydrogens is 468 g/mol. The molecule has 0 saturated carbocycles. The summed E-state index contributed by atoms with van der Waals surface area (Å²) in [7, 11) is 0. The molecule has 0 bridgehead atoms. The van der Waals surface area contributed by atoms with Gasteiger partial charge >= 0.3 is 5.97 Å². The lowest BCUT2D eigenvalue weighted by molar-refractivity contribution is -0.142. The van der Waals surface area contributed by atoms with Crippen LogP contribution in [0.5, 0.6) is 0 Å². The van der Waals surface area contributed by atoms with Gasteiger partial charge in [-0.1, -0.05) is 36.4 Å². The second-order valence-corrected chi connectivity index (χ2v) is 8.04. The molecule has 0 aliphatic carbocycles. The number of nitrogens with zero attached hydrogens (tertiary/aromatic N) is 3. The number of amides is 1. The highest BCUT2D eigenvalue weighted by molar-refractivity contribution is 5.95. The number of hydrogen-bond acceptors (Lipinski definition) is 6. The number of para-hydroxylation sites is 2.